The lowest BCUT2D eigenvalue weighted by molar-refractivity contribution is 1.38. The van der Waals surface area contributed by atoms with Crippen LogP contribution in [-0.2, 0) is 0 Å². The van der Waals surface area contributed by atoms with Crippen molar-refractivity contribution in [3.8, 4) is 44.8 Å². The van der Waals surface area contributed by atoms with Crippen LogP contribution in [0.25, 0.3) is 66.6 Å². The number of rotatable bonds is 4. The Morgan fingerprint density at radius 1 is 0.289 bits per heavy atom. The molecule has 0 unspecified atom stereocenters. The molecule has 0 spiro atoms. The van der Waals surface area contributed by atoms with Crippen molar-refractivity contribution < 1.29 is 0 Å². The highest BCUT2D eigenvalue weighted by atomic mass is 14.7. The highest BCUT2D eigenvalue weighted by molar-refractivity contribution is 5.88. The number of fused-ring (bicyclic) bond motifs is 2. The Morgan fingerprint density at radius 3 is 1.11 bits per heavy atom. The van der Waals surface area contributed by atoms with E-state index in [-0.39, 0.29) is 0 Å². The molecule has 0 atom stereocenters. The Kier molecular flexibility index (Phi) is 5.49. The summed E-state index contributed by atoms with van der Waals surface area (Å²) >= 11 is 0. The maximum Gasteiger partial charge on any atom is 0.0709 e. The van der Waals surface area contributed by atoms with Gasteiger partial charge in [0.15, 0.2) is 0 Å². The van der Waals surface area contributed by atoms with Crippen molar-refractivity contribution in [3.63, 3.8) is 0 Å². The van der Waals surface area contributed by atoms with Crippen LogP contribution >= 0.6 is 0 Å². The van der Waals surface area contributed by atoms with Gasteiger partial charge < -0.3 is 0 Å². The first kappa shape index (κ1) is 22.1. The van der Waals surface area contributed by atoms with Crippen LogP contribution in [-0.4, -0.2) is 9.97 Å². The second-order valence-corrected chi connectivity index (χ2v) is 9.52. The van der Waals surface area contributed by atoms with E-state index in [0.29, 0.717) is 0 Å². The molecular weight excluding hydrogens is 460 g/mol. The molecule has 2 heterocycles. The predicted octanol–water partition coefficient (Wildman–Crippen LogP) is 9.45. The van der Waals surface area contributed by atoms with Crippen LogP contribution in [0, 0.1) is 0 Å². The maximum atomic E-state index is 4.94. The molecule has 0 aliphatic rings. The van der Waals surface area contributed by atoms with E-state index >= 15 is 0 Å². The van der Waals surface area contributed by atoms with E-state index < -0.39 is 0 Å². The molecule has 0 radical (unpaired) electrons. The SMILES string of the molecule is c1ccc(-c2ccc3nc(-c4ccc(-c5ccc6cc(-c7ccccc7)ccc6n5)cc4)ccc3c2)cc1. The number of hydrogen-bond donors (Lipinski definition) is 0. The average Bonchev–Trinajstić information content (AvgIpc) is 3.01. The van der Waals surface area contributed by atoms with Gasteiger partial charge in [0.2, 0.25) is 0 Å². The van der Waals surface area contributed by atoms with Crippen LogP contribution in [0.3, 0.4) is 0 Å². The first-order valence-electron chi connectivity index (χ1n) is 12.8. The molecule has 178 valence electrons. The monoisotopic (exact) mass is 484 g/mol. The lowest BCUT2D eigenvalue weighted by Crippen LogP contribution is -1.88. The van der Waals surface area contributed by atoms with Crippen molar-refractivity contribution in [1.82, 2.24) is 9.97 Å². The molecule has 7 aromatic rings. The van der Waals surface area contributed by atoms with E-state index in [1.165, 1.54) is 22.3 Å². The van der Waals surface area contributed by atoms with Crippen molar-refractivity contribution >= 4 is 21.8 Å². The molecule has 0 bridgehead atoms. The van der Waals surface area contributed by atoms with Gasteiger partial charge in [-0.3, -0.25) is 0 Å². The summed E-state index contributed by atoms with van der Waals surface area (Å²) in [5.41, 5.74) is 11.0. The van der Waals surface area contributed by atoms with Crippen molar-refractivity contribution in [3.05, 3.63) is 146 Å². The van der Waals surface area contributed by atoms with E-state index in [4.69, 9.17) is 9.97 Å². The lowest BCUT2D eigenvalue weighted by atomic mass is 10.0. The van der Waals surface area contributed by atoms with Gasteiger partial charge >= 0.3 is 0 Å². The van der Waals surface area contributed by atoms with Gasteiger partial charge in [0, 0.05) is 21.9 Å². The summed E-state index contributed by atoms with van der Waals surface area (Å²) < 4.78 is 0. The number of benzene rings is 5. The molecule has 2 nitrogen and oxygen atoms in total. The van der Waals surface area contributed by atoms with Crippen molar-refractivity contribution in [2.24, 2.45) is 0 Å². The number of hydrogen-bond acceptors (Lipinski definition) is 2. The minimum atomic E-state index is 0.969. The largest absolute Gasteiger partial charge is 0.248 e. The summed E-state index contributed by atoms with van der Waals surface area (Å²) in [4.78, 5) is 9.88. The number of aromatic nitrogens is 2. The topological polar surface area (TPSA) is 25.8 Å². The maximum absolute atomic E-state index is 4.94. The molecule has 0 saturated carbocycles. The van der Waals surface area contributed by atoms with Gasteiger partial charge in [-0.1, -0.05) is 109 Å². The molecule has 0 N–H and O–H groups in total. The van der Waals surface area contributed by atoms with Gasteiger partial charge in [-0.15, -0.1) is 0 Å². The minimum Gasteiger partial charge on any atom is -0.248 e. The fraction of sp³-hybridized carbons (Fsp3) is 0. The molecule has 2 heteroatoms. The molecular formula is C36H24N2. The third-order valence-corrected chi connectivity index (χ3v) is 7.07. The first-order chi connectivity index (χ1) is 18.8. The zero-order chi connectivity index (χ0) is 25.3. The van der Waals surface area contributed by atoms with E-state index in [0.717, 1.165) is 44.3 Å². The lowest BCUT2D eigenvalue weighted by Gasteiger charge is -2.08. The smallest absolute Gasteiger partial charge is 0.0709 e. The summed E-state index contributed by atoms with van der Waals surface area (Å²) in [5, 5.41) is 2.28. The average molecular weight is 485 g/mol. The predicted molar refractivity (Wildman–Crippen MR) is 159 cm³/mol. The molecule has 0 aliphatic carbocycles. The second-order valence-electron chi connectivity index (χ2n) is 9.52. The van der Waals surface area contributed by atoms with E-state index in [9.17, 15) is 0 Å². The van der Waals surface area contributed by atoms with Crippen LogP contribution in [0.5, 0.6) is 0 Å². The summed E-state index contributed by atoms with van der Waals surface area (Å²) in [6.07, 6.45) is 0. The zero-order valence-electron chi connectivity index (χ0n) is 20.8. The normalized spacial score (nSPS) is 11.2. The highest BCUT2D eigenvalue weighted by Gasteiger charge is 2.07. The first-order valence-corrected chi connectivity index (χ1v) is 12.8. The molecule has 38 heavy (non-hydrogen) atoms. The molecule has 7 rings (SSSR count). The zero-order valence-corrected chi connectivity index (χ0v) is 20.8. The van der Waals surface area contributed by atoms with Crippen LogP contribution in [0.15, 0.2) is 146 Å². The van der Waals surface area contributed by atoms with Gasteiger partial charge in [0.1, 0.15) is 0 Å². The van der Waals surface area contributed by atoms with Crippen LogP contribution in [0.2, 0.25) is 0 Å². The minimum absolute atomic E-state index is 0.969. The summed E-state index contributed by atoms with van der Waals surface area (Å²) in [5.74, 6) is 0. The van der Waals surface area contributed by atoms with Gasteiger partial charge in [0.05, 0.1) is 22.4 Å². The third-order valence-electron chi connectivity index (χ3n) is 7.07. The van der Waals surface area contributed by atoms with Crippen molar-refractivity contribution in [2.45, 2.75) is 0 Å². The van der Waals surface area contributed by atoms with Crippen LogP contribution in [0.1, 0.15) is 0 Å². The molecule has 0 amide bonds. The molecule has 0 fully saturated rings. The van der Waals surface area contributed by atoms with Gasteiger partial charge in [-0.2, -0.15) is 0 Å². The second kappa shape index (κ2) is 9.42. The molecule has 0 aliphatic heterocycles. The molecule has 5 aromatic carbocycles. The Balaban J connectivity index is 1.16. The third kappa shape index (κ3) is 4.23. The molecule has 0 saturated heterocycles. The van der Waals surface area contributed by atoms with Crippen LogP contribution < -0.4 is 0 Å². The Labute approximate surface area is 221 Å². The van der Waals surface area contributed by atoms with E-state index in [2.05, 4.69) is 133 Å². The Morgan fingerprint density at radius 2 is 0.684 bits per heavy atom. The Hall–Kier alpha value is -5.08. The van der Waals surface area contributed by atoms with Gasteiger partial charge in [-0.25, -0.2) is 9.97 Å². The summed E-state index contributed by atoms with van der Waals surface area (Å²) in [7, 11) is 0. The van der Waals surface area contributed by atoms with Gasteiger partial charge in [-0.05, 0) is 58.7 Å². The van der Waals surface area contributed by atoms with Gasteiger partial charge in [0.25, 0.3) is 0 Å². The quantitative estimate of drug-likeness (QED) is 0.249. The number of pyridine rings is 2. The fourth-order valence-electron chi connectivity index (χ4n) is 5.00. The fourth-order valence-corrected chi connectivity index (χ4v) is 5.00. The summed E-state index contributed by atoms with van der Waals surface area (Å²) in [6, 6.07) is 50.9. The van der Waals surface area contributed by atoms with Crippen molar-refractivity contribution in [2.75, 3.05) is 0 Å². The standard InChI is InChI=1S/C36H24N2/c1-3-7-25(8-4-1)29-15-19-35-31(23-29)17-21-33(37-35)27-11-13-28(14-12-27)34-22-18-32-24-30(16-20-36(32)38-34)26-9-5-2-6-10-26/h1-24H. The van der Waals surface area contributed by atoms with E-state index in [1.807, 2.05) is 12.1 Å². The number of nitrogens with zero attached hydrogens (tertiary/aromatic N) is 2. The van der Waals surface area contributed by atoms with E-state index in [1.54, 1.807) is 0 Å². The molecule has 2 aromatic heterocycles. The van der Waals surface area contributed by atoms with Crippen LogP contribution in [0.4, 0.5) is 0 Å². The highest BCUT2D eigenvalue weighted by Crippen LogP contribution is 2.29. The van der Waals surface area contributed by atoms with Crippen molar-refractivity contribution in [1.29, 1.82) is 0 Å². The Bertz CT molecular complexity index is 1750. The summed E-state index contributed by atoms with van der Waals surface area (Å²) in [6.45, 7) is 0.